The third kappa shape index (κ3) is 3.44. The predicted octanol–water partition coefficient (Wildman–Crippen LogP) is 1.25. The molecule has 0 atom stereocenters. The predicted molar refractivity (Wildman–Crippen MR) is 58.1 cm³/mol. The van der Waals surface area contributed by atoms with Gasteiger partial charge in [-0.25, -0.2) is 0 Å². The Labute approximate surface area is 87.7 Å². The van der Waals surface area contributed by atoms with Crippen LogP contribution in [0, 0.1) is 0 Å². The minimum Gasteiger partial charge on any atom is -0.481 e. The fraction of sp³-hybridized carbons (Fsp3) is 0.182. The van der Waals surface area contributed by atoms with Crippen molar-refractivity contribution in [2.75, 3.05) is 5.73 Å². The number of carboxylic acids is 1. The lowest BCUT2D eigenvalue weighted by molar-refractivity contribution is -0.135. The molecule has 0 heterocycles. The molecule has 1 rings (SSSR count). The molecule has 0 aromatic heterocycles. The van der Waals surface area contributed by atoms with Crippen molar-refractivity contribution < 1.29 is 15.0 Å². The molecule has 1 aromatic rings. The monoisotopic (exact) mass is 207 g/mol. The van der Waals surface area contributed by atoms with Crippen LogP contribution in [0.1, 0.15) is 17.5 Å². The van der Waals surface area contributed by atoms with E-state index in [1.54, 1.807) is 24.3 Å². The zero-order valence-electron chi connectivity index (χ0n) is 8.18. The molecule has 0 radical (unpaired) electrons. The Kier molecular flexibility index (Phi) is 3.88. The maximum Gasteiger partial charge on any atom is 0.307 e. The van der Waals surface area contributed by atoms with E-state index in [2.05, 4.69) is 0 Å². The third-order valence-corrected chi connectivity index (χ3v) is 1.92. The summed E-state index contributed by atoms with van der Waals surface area (Å²) >= 11 is 0. The molecule has 0 saturated carbocycles. The van der Waals surface area contributed by atoms with Gasteiger partial charge in [-0.2, -0.15) is 0 Å². The van der Waals surface area contributed by atoms with Crippen molar-refractivity contribution in [3.8, 4) is 0 Å². The number of benzene rings is 1. The first-order valence-corrected chi connectivity index (χ1v) is 4.51. The molecular formula is C11H13NO3. The molecule has 0 spiro atoms. The molecule has 0 aliphatic heterocycles. The second-order valence-electron chi connectivity index (χ2n) is 3.12. The van der Waals surface area contributed by atoms with Gasteiger partial charge in [0.1, 0.15) is 0 Å². The van der Waals surface area contributed by atoms with Crippen molar-refractivity contribution in [2.45, 2.75) is 13.0 Å². The van der Waals surface area contributed by atoms with Crippen LogP contribution in [0.5, 0.6) is 0 Å². The Morgan fingerprint density at radius 3 is 2.80 bits per heavy atom. The zero-order chi connectivity index (χ0) is 11.3. The average Bonchev–Trinajstić information content (AvgIpc) is 2.20. The van der Waals surface area contributed by atoms with Gasteiger partial charge in [0.15, 0.2) is 0 Å². The van der Waals surface area contributed by atoms with Gasteiger partial charge in [0.05, 0.1) is 13.0 Å². The van der Waals surface area contributed by atoms with E-state index >= 15 is 0 Å². The van der Waals surface area contributed by atoms with Gasteiger partial charge in [0, 0.05) is 5.69 Å². The van der Waals surface area contributed by atoms with Crippen molar-refractivity contribution in [1.29, 1.82) is 0 Å². The molecule has 0 aliphatic rings. The van der Waals surface area contributed by atoms with E-state index in [9.17, 15) is 4.79 Å². The second-order valence-corrected chi connectivity index (χ2v) is 3.12. The molecule has 0 fully saturated rings. The Bertz CT molecular complexity index is 385. The molecule has 80 valence electrons. The lowest BCUT2D eigenvalue weighted by Gasteiger charge is -2.02. The molecule has 4 N–H and O–H groups in total. The Balaban J connectivity index is 2.83. The highest BCUT2D eigenvalue weighted by molar-refractivity contribution is 5.72. The summed E-state index contributed by atoms with van der Waals surface area (Å²) in [6.07, 6.45) is 3.13. The van der Waals surface area contributed by atoms with Crippen LogP contribution in [0.3, 0.4) is 0 Å². The summed E-state index contributed by atoms with van der Waals surface area (Å²) in [5, 5.41) is 17.3. The van der Waals surface area contributed by atoms with Crippen LogP contribution in [0.15, 0.2) is 24.3 Å². The summed E-state index contributed by atoms with van der Waals surface area (Å²) in [6, 6.07) is 5.14. The molecule has 0 bridgehead atoms. The molecule has 0 saturated heterocycles. The first-order valence-electron chi connectivity index (χ1n) is 4.51. The second kappa shape index (κ2) is 5.17. The van der Waals surface area contributed by atoms with E-state index in [1.807, 2.05) is 0 Å². The van der Waals surface area contributed by atoms with Gasteiger partial charge in [-0.15, -0.1) is 0 Å². The van der Waals surface area contributed by atoms with E-state index in [-0.39, 0.29) is 13.0 Å². The largest absolute Gasteiger partial charge is 0.481 e. The van der Waals surface area contributed by atoms with E-state index in [0.29, 0.717) is 5.69 Å². The molecule has 1 aromatic carbocycles. The quantitative estimate of drug-likeness (QED) is 0.649. The number of aliphatic carboxylic acids is 1. The van der Waals surface area contributed by atoms with E-state index < -0.39 is 5.97 Å². The number of aliphatic hydroxyl groups is 1. The number of nitrogen functional groups attached to an aromatic ring is 1. The molecule has 4 nitrogen and oxygen atoms in total. The van der Waals surface area contributed by atoms with Gasteiger partial charge in [0.25, 0.3) is 0 Å². The molecule has 0 unspecified atom stereocenters. The highest BCUT2D eigenvalue weighted by Crippen LogP contribution is 2.16. The molecule has 0 amide bonds. The van der Waals surface area contributed by atoms with Crippen molar-refractivity contribution in [1.82, 2.24) is 0 Å². The normalized spacial score (nSPS) is 10.7. The number of carboxylic acid groups (broad SMARTS) is 1. The number of aliphatic hydroxyl groups excluding tert-OH is 1. The van der Waals surface area contributed by atoms with E-state index in [1.165, 1.54) is 6.08 Å². The Morgan fingerprint density at radius 2 is 2.20 bits per heavy atom. The summed E-state index contributed by atoms with van der Waals surface area (Å²) in [7, 11) is 0. The van der Waals surface area contributed by atoms with E-state index in [0.717, 1.165) is 11.1 Å². The number of rotatable bonds is 4. The van der Waals surface area contributed by atoms with Crippen LogP contribution in [0.2, 0.25) is 0 Å². The van der Waals surface area contributed by atoms with Gasteiger partial charge in [-0.05, 0) is 23.3 Å². The van der Waals surface area contributed by atoms with Gasteiger partial charge >= 0.3 is 5.97 Å². The van der Waals surface area contributed by atoms with Crippen molar-refractivity contribution in [2.24, 2.45) is 0 Å². The molecule has 15 heavy (non-hydrogen) atoms. The average molecular weight is 207 g/mol. The first-order chi connectivity index (χ1) is 7.13. The molecule has 4 heteroatoms. The maximum absolute atomic E-state index is 10.3. The molecular weight excluding hydrogens is 194 g/mol. The topological polar surface area (TPSA) is 83.5 Å². The summed E-state index contributed by atoms with van der Waals surface area (Å²) in [5.74, 6) is -0.886. The Hall–Kier alpha value is -1.81. The van der Waals surface area contributed by atoms with Gasteiger partial charge in [0.2, 0.25) is 0 Å². The smallest absolute Gasteiger partial charge is 0.307 e. The zero-order valence-corrected chi connectivity index (χ0v) is 8.18. The number of nitrogens with two attached hydrogens (primary N) is 1. The maximum atomic E-state index is 10.3. The fourth-order valence-electron chi connectivity index (χ4n) is 1.15. The SMILES string of the molecule is Nc1ccc(CO)cc1C=CCC(=O)O. The summed E-state index contributed by atoms with van der Waals surface area (Å²) in [5.41, 5.74) is 7.72. The number of hydrogen-bond donors (Lipinski definition) is 3. The highest BCUT2D eigenvalue weighted by Gasteiger charge is 1.97. The van der Waals surface area contributed by atoms with Crippen LogP contribution >= 0.6 is 0 Å². The van der Waals surface area contributed by atoms with Gasteiger partial charge in [-0.3, -0.25) is 4.79 Å². The van der Waals surface area contributed by atoms with E-state index in [4.69, 9.17) is 15.9 Å². The van der Waals surface area contributed by atoms with Crippen molar-refractivity contribution in [3.63, 3.8) is 0 Å². The minimum atomic E-state index is -0.886. The standard InChI is InChI=1S/C11H13NO3/c12-10-5-4-8(7-13)6-9(10)2-1-3-11(14)15/h1-2,4-6,13H,3,7,12H2,(H,14,15). The summed E-state index contributed by atoms with van der Waals surface area (Å²) < 4.78 is 0. The summed E-state index contributed by atoms with van der Waals surface area (Å²) in [6.45, 7) is -0.0555. The number of carbonyl (C=O) groups is 1. The highest BCUT2D eigenvalue weighted by atomic mass is 16.4. The number of anilines is 1. The van der Waals surface area contributed by atoms with Crippen LogP contribution in [-0.4, -0.2) is 16.2 Å². The Morgan fingerprint density at radius 1 is 1.47 bits per heavy atom. The number of hydrogen-bond acceptors (Lipinski definition) is 3. The van der Waals surface area contributed by atoms with Gasteiger partial charge < -0.3 is 15.9 Å². The van der Waals surface area contributed by atoms with Crippen molar-refractivity contribution >= 4 is 17.7 Å². The lowest BCUT2D eigenvalue weighted by Crippen LogP contribution is -1.93. The summed E-state index contributed by atoms with van der Waals surface area (Å²) in [4.78, 5) is 10.3. The first kappa shape index (κ1) is 11.3. The minimum absolute atomic E-state index is 0.0389. The fourth-order valence-corrected chi connectivity index (χ4v) is 1.15. The third-order valence-electron chi connectivity index (χ3n) is 1.92. The van der Waals surface area contributed by atoms with Crippen LogP contribution in [0.4, 0.5) is 5.69 Å². The van der Waals surface area contributed by atoms with Crippen LogP contribution in [0.25, 0.3) is 6.08 Å². The van der Waals surface area contributed by atoms with Crippen LogP contribution in [-0.2, 0) is 11.4 Å². The molecule has 0 aliphatic carbocycles. The van der Waals surface area contributed by atoms with Gasteiger partial charge in [-0.1, -0.05) is 18.2 Å². The van der Waals surface area contributed by atoms with Crippen molar-refractivity contribution in [3.05, 3.63) is 35.4 Å². The van der Waals surface area contributed by atoms with Crippen LogP contribution < -0.4 is 5.73 Å². The lowest BCUT2D eigenvalue weighted by atomic mass is 10.1.